The van der Waals surface area contributed by atoms with E-state index in [2.05, 4.69) is 22.1 Å². The minimum atomic E-state index is -0.143. The zero-order valence-corrected chi connectivity index (χ0v) is 12.0. The van der Waals surface area contributed by atoms with Gasteiger partial charge in [0.25, 0.3) is 0 Å². The second-order valence-electron chi connectivity index (χ2n) is 5.03. The van der Waals surface area contributed by atoms with Gasteiger partial charge in [0.15, 0.2) is 0 Å². The molecule has 0 saturated carbocycles. The number of hydrogen-bond acceptors (Lipinski definition) is 3. The quantitative estimate of drug-likeness (QED) is 0.755. The van der Waals surface area contributed by atoms with Crippen LogP contribution in [-0.2, 0) is 6.42 Å². The molecule has 1 heterocycles. The van der Waals surface area contributed by atoms with Crippen LogP contribution in [0.25, 0.3) is 11.0 Å². The van der Waals surface area contributed by atoms with E-state index in [1.54, 1.807) is 0 Å². The first-order valence-electron chi connectivity index (χ1n) is 7.18. The van der Waals surface area contributed by atoms with Crippen molar-refractivity contribution >= 4 is 11.0 Å². The predicted octanol–water partition coefficient (Wildman–Crippen LogP) is 3.20. The summed E-state index contributed by atoms with van der Waals surface area (Å²) in [5, 5.41) is 0. The first kappa shape index (κ1) is 13.6. The normalized spacial score (nSPS) is 12.5. The average Bonchev–Trinajstić information content (AvgIpc) is 2.92. The Labute approximate surface area is 124 Å². The van der Waals surface area contributed by atoms with Gasteiger partial charge >= 0.3 is 0 Å². The number of H-pyrrole nitrogens is 1. The molecule has 108 valence electrons. The van der Waals surface area contributed by atoms with Crippen molar-refractivity contribution in [1.29, 1.82) is 0 Å². The molecular formula is C17H19N3O. The van der Waals surface area contributed by atoms with Gasteiger partial charge in [-0.2, -0.15) is 0 Å². The molecule has 0 aliphatic rings. The van der Waals surface area contributed by atoms with Crippen LogP contribution in [0.1, 0.15) is 24.4 Å². The maximum atomic E-state index is 6.26. The third kappa shape index (κ3) is 3.06. The van der Waals surface area contributed by atoms with E-state index in [9.17, 15) is 0 Å². The van der Waals surface area contributed by atoms with Crippen molar-refractivity contribution in [3.05, 3.63) is 59.9 Å². The Morgan fingerprint density at radius 1 is 1.19 bits per heavy atom. The zero-order valence-electron chi connectivity index (χ0n) is 12.0. The summed E-state index contributed by atoms with van der Waals surface area (Å²) in [6.45, 7) is 2.62. The van der Waals surface area contributed by atoms with E-state index < -0.39 is 0 Å². The van der Waals surface area contributed by atoms with Crippen molar-refractivity contribution in [3.8, 4) is 5.75 Å². The maximum Gasteiger partial charge on any atom is 0.124 e. The standard InChI is InChI=1S/C17H19N3O/c1-2-21-13-8-9-15-16(11-13)20-17(19-15)14(18)10-12-6-4-3-5-7-12/h3-9,11,14H,2,10,18H2,1H3,(H,19,20). The van der Waals surface area contributed by atoms with Crippen LogP contribution in [-0.4, -0.2) is 16.6 Å². The average molecular weight is 281 g/mol. The minimum Gasteiger partial charge on any atom is -0.494 e. The van der Waals surface area contributed by atoms with E-state index in [0.717, 1.165) is 29.0 Å². The van der Waals surface area contributed by atoms with Gasteiger partial charge in [-0.05, 0) is 31.0 Å². The van der Waals surface area contributed by atoms with Crippen LogP contribution >= 0.6 is 0 Å². The number of fused-ring (bicyclic) bond motifs is 1. The van der Waals surface area contributed by atoms with Crippen LogP contribution < -0.4 is 10.5 Å². The minimum absolute atomic E-state index is 0.143. The van der Waals surface area contributed by atoms with Crippen molar-refractivity contribution in [2.45, 2.75) is 19.4 Å². The van der Waals surface area contributed by atoms with E-state index in [1.807, 2.05) is 43.3 Å². The Balaban J connectivity index is 1.83. The van der Waals surface area contributed by atoms with Gasteiger partial charge in [0, 0.05) is 6.07 Å². The van der Waals surface area contributed by atoms with Crippen LogP contribution in [0.15, 0.2) is 48.5 Å². The Morgan fingerprint density at radius 3 is 2.76 bits per heavy atom. The molecule has 1 atom stereocenters. The van der Waals surface area contributed by atoms with Gasteiger partial charge in [-0.3, -0.25) is 0 Å². The number of aromatic nitrogens is 2. The second-order valence-corrected chi connectivity index (χ2v) is 5.03. The molecule has 0 amide bonds. The molecule has 21 heavy (non-hydrogen) atoms. The summed E-state index contributed by atoms with van der Waals surface area (Å²) in [4.78, 5) is 7.87. The summed E-state index contributed by atoms with van der Waals surface area (Å²) in [7, 11) is 0. The molecule has 0 bridgehead atoms. The van der Waals surface area contributed by atoms with Crippen molar-refractivity contribution in [2.75, 3.05) is 6.61 Å². The summed E-state index contributed by atoms with van der Waals surface area (Å²) in [5.74, 6) is 1.65. The lowest BCUT2D eigenvalue weighted by Crippen LogP contribution is -2.14. The lowest BCUT2D eigenvalue weighted by Gasteiger charge is -2.08. The molecule has 0 saturated heterocycles. The number of imidazole rings is 1. The summed E-state index contributed by atoms with van der Waals surface area (Å²) < 4.78 is 5.50. The topological polar surface area (TPSA) is 63.9 Å². The van der Waals surface area contributed by atoms with E-state index >= 15 is 0 Å². The molecule has 0 radical (unpaired) electrons. The van der Waals surface area contributed by atoms with Crippen molar-refractivity contribution in [3.63, 3.8) is 0 Å². The van der Waals surface area contributed by atoms with Crippen LogP contribution in [0.3, 0.4) is 0 Å². The largest absolute Gasteiger partial charge is 0.494 e. The number of hydrogen-bond donors (Lipinski definition) is 2. The summed E-state index contributed by atoms with van der Waals surface area (Å²) in [6.07, 6.45) is 0.763. The molecule has 1 unspecified atom stereocenters. The van der Waals surface area contributed by atoms with E-state index in [0.29, 0.717) is 6.61 Å². The van der Waals surface area contributed by atoms with E-state index in [1.165, 1.54) is 5.56 Å². The van der Waals surface area contributed by atoms with Gasteiger partial charge in [0.2, 0.25) is 0 Å². The van der Waals surface area contributed by atoms with Gasteiger partial charge in [0.05, 0.1) is 23.7 Å². The lowest BCUT2D eigenvalue weighted by atomic mass is 10.1. The van der Waals surface area contributed by atoms with Crippen LogP contribution in [0.4, 0.5) is 0 Å². The number of ether oxygens (including phenoxy) is 1. The van der Waals surface area contributed by atoms with E-state index in [-0.39, 0.29) is 6.04 Å². The zero-order chi connectivity index (χ0) is 14.7. The van der Waals surface area contributed by atoms with Gasteiger partial charge in [-0.15, -0.1) is 0 Å². The van der Waals surface area contributed by atoms with Gasteiger partial charge in [0.1, 0.15) is 11.6 Å². The molecule has 3 rings (SSSR count). The van der Waals surface area contributed by atoms with Crippen LogP contribution in [0, 0.1) is 0 Å². The fraction of sp³-hybridized carbons (Fsp3) is 0.235. The third-order valence-electron chi connectivity index (χ3n) is 3.43. The molecule has 0 fully saturated rings. The molecular weight excluding hydrogens is 262 g/mol. The molecule has 0 spiro atoms. The van der Waals surface area contributed by atoms with Crippen molar-refractivity contribution in [1.82, 2.24) is 9.97 Å². The highest BCUT2D eigenvalue weighted by Crippen LogP contribution is 2.22. The predicted molar refractivity (Wildman–Crippen MR) is 84.3 cm³/mol. The van der Waals surface area contributed by atoms with Crippen LogP contribution in [0.5, 0.6) is 5.75 Å². The Bertz CT molecular complexity index is 721. The number of nitrogens with two attached hydrogens (primary N) is 1. The highest BCUT2D eigenvalue weighted by molar-refractivity contribution is 5.76. The van der Waals surface area contributed by atoms with Crippen molar-refractivity contribution < 1.29 is 4.74 Å². The van der Waals surface area contributed by atoms with Gasteiger partial charge in [-0.25, -0.2) is 4.98 Å². The summed E-state index contributed by atoms with van der Waals surface area (Å²) in [5.41, 5.74) is 9.34. The lowest BCUT2D eigenvalue weighted by molar-refractivity contribution is 0.340. The molecule has 2 aromatic carbocycles. The fourth-order valence-corrected chi connectivity index (χ4v) is 2.41. The number of aromatic amines is 1. The SMILES string of the molecule is CCOc1ccc2nc(C(N)Cc3ccccc3)[nH]c2c1. The Morgan fingerprint density at radius 2 is 2.00 bits per heavy atom. The summed E-state index contributed by atoms with van der Waals surface area (Å²) in [6, 6.07) is 15.9. The molecule has 4 nitrogen and oxygen atoms in total. The monoisotopic (exact) mass is 281 g/mol. The summed E-state index contributed by atoms with van der Waals surface area (Å²) >= 11 is 0. The Hall–Kier alpha value is -2.33. The molecule has 4 heteroatoms. The third-order valence-corrected chi connectivity index (χ3v) is 3.43. The van der Waals surface area contributed by atoms with Crippen LogP contribution in [0.2, 0.25) is 0 Å². The van der Waals surface area contributed by atoms with E-state index in [4.69, 9.17) is 10.5 Å². The number of rotatable bonds is 5. The van der Waals surface area contributed by atoms with Gasteiger partial charge in [-0.1, -0.05) is 30.3 Å². The Kier molecular flexibility index (Phi) is 3.88. The maximum absolute atomic E-state index is 6.26. The molecule has 3 N–H and O–H groups in total. The number of benzene rings is 2. The number of nitrogens with zero attached hydrogens (tertiary/aromatic N) is 1. The van der Waals surface area contributed by atoms with Gasteiger partial charge < -0.3 is 15.5 Å². The number of nitrogens with one attached hydrogen (secondary N) is 1. The fourth-order valence-electron chi connectivity index (χ4n) is 2.41. The molecule has 0 aliphatic carbocycles. The molecule has 0 aliphatic heterocycles. The first-order chi connectivity index (χ1) is 10.3. The molecule has 3 aromatic rings. The smallest absolute Gasteiger partial charge is 0.124 e. The molecule has 1 aromatic heterocycles. The van der Waals surface area contributed by atoms with Crippen molar-refractivity contribution in [2.24, 2.45) is 5.73 Å². The first-order valence-corrected chi connectivity index (χ1v) is 7.18. The highest BCUT2D eigenvalue weighted by atomic mass is 16.5. The highest BCUT2D eigenvalue weighted by Gasteiger charge is 2.12. The second kappa shape index (κ2) is 5.97.